The minimum atomic E-state index is 0.0198. The lowest BCUT2D eigenvalue weighted by atomic mass is 10.1. The number of nitrogens with zero attached hydrogens (tertiary/aromatic N) is 1. The van der Waals surface area contributed by atoms with Crippen molar-refractivity contribution in [3.63, 3.8) is 0 Å². The highest BCUT2D eigenvalue weighted by Crippen LogP contribution is 2.25. The molecule has 1 unspecified atom stereocenters. The third-order valence-corrected chi connectivity index (χ3v) is 5.69. The number of amides is 1. The zero-order chi connectivity index (χ0) is 15.9. The van der Waals surface area contributed by atoms with Gasteiger partial charge in [0.1, 0.15) is 0 Å². The second kappa shape index (κ2) is 8.59. The third-order valence-electron chi connectivity index (χ3n) is 4.07. The van der Waals surface area contributed by atoms with Gasteiger partial charge < -0.3 is 10.2 Å². The Morgan fingerprint density at radius 1 is 1.32 bits per heavy atom. The van der Waals surface area contributed by atoms with Crippen LogP contribution in [-0.4, -0.2) is 42.2 Å². The molecule has 1 aliphatic carbocycles. The summed E-state index contributed by atoms with van der Waals surface area (Å²) >= 11 is 1.74. The molecule has 3 nitrogen and oxygen atoms in total. The second-order valence-corrected chi connectivity index (χ2v) is 7.59. The highest BCUT2D eigenvalue weighted by molar-refractivity contribution is 7.99. The molecule has 1 N–H and O–H groups in total. The van der Waals surface area contributed by atoms with E-state index in [1.54, 1.807) is 11.8 Å². The summed E-state index contributed by atoms with van der Waals surface area (Å²) in [6.07, 6.45) is 2.62. The SMILES string of the molecule is CC(C)C(SCc1ccccc1)C(=O)NCCN(C)C1CC1. The number of carbonyl (C=O) groups excluding carboxylic acids is 1. The third kappa shape index (κ3) is 5.65. The van der Waals surface area contributed by atoms with Gasteiger partial charge in [-0.3, -0.25) is 4.79 Å². The topological polar surface area (TPSA) is 32.3 Å². The monoisotopic (exact) mass is 320 g/mol. The van der Waals surface area contributed by atoms with Gasteiger partial charge in [0.05, 0.1) is 5.25 Å². The maximum absolute atomic E-state index is 12.4. The Labute approximate surface area is 138 Å². The molecule has 22 heavy (non-hydrogen) atoms. The molecule has 1 amide bonds. The van der Waals surface area contributed by atoms with Crippen molar-refractivity contribution >= 4 is 17.7 Å². The van der Waals surface area contributed by atoms with Crippen molar-refractivity contribution in [3.05, 3.63) is 35.9 Å². The average Bonchev–Trinajstić information content (AvgIpc) is 3.32. The van der Waals surface area contributed by atoms with Crippen LogP contribution < -0.4 is 5.32 Å². The summed E-state index contributed by atoms with van der Waals surface area (Å²) < 4.78 is 0. The van der Waals surface area contributed by atoms with E-state index in [0.29, 0.717) is 5.92 Å². The van der Waals surface area contributed by atoms with Gasteiger partial charge in [0, 0.05) is 24.9 Å². The first-order chi connectivity index (χ1) is 10.6. The van der Waals surface area contributed by atoms with Gasteiger partial charge in [0.25, 0.3) is 0 Å². The molecule has 122 valence electrons. The average molecular weight is 321 g/mol. The molecule has 1 aromatic rings. The Kier molecular flexibility index (Phi) is 6.77. The van der Waals surface area contributed by atoms with Crippen molar-refractivity contribution in [1.29, 1.82) is 0 Å². The van der Waals surface area contributed by atoms with Gasteiger partial charge in [-0.05, 0) is 31.4 Å². The number of likely N-dealkylation sites (N-methyl/N-ethyl adjacent to an activating group) is 1. The Bertz CT molecular complexity index is 459. The summed E-state index contributed by atoms with van der Waals surface area (Å²) in [6, 6.07) is 11.1. The summed E-state index contributed by atoms with van der Waals surface area (Å²) in [6.45, 7) is 5.95. The Hall–Kier alpha value is -1.00. The van der Waals surface area contributed by atoms with Crippen LogP contribution in [0.2, 0.25) is 0 Å². The van der Waals surface area contributed by atoms with Crippen LogP contribution in [-0.2, 0) is 10.5 Å². The summed E-state index contributed by atoms with van der Waals surface area (Å²) in [5.41, 5.74) is 1.28. The molecule has 0 bridgehead atoms. The van der Waals surface area contributed by atoms with Crippen LogP contribution in [0.5, 0.6) is 0 Å². The van der Waals surface area contributed by atoms with Crippen molar-refractivity contribution in [2.75, 3.05) is 20.1 Å². The van der Waals surface area contributed by atoms with Gasteiger partial charge in [-0.1, -0.05) is 44.2 Å². The van der Waals surface area contributed by atoms with E-state index in [1.165, 1.54) is 18.4 Å². The number of benzene rings is 1. The van der Waals surface area contributed by atoms with E-state index in [2.05, 4.69) is 43.2 Å². The van der Waals surface area contributed by atoms with Gasteiger partial charge in [-0.2, -0.15) is 0 Å². The molecule has 0 aromatic heterocycles. The van der Waals surface area contributed by atoms with E-state index < -0.39 is 0 Å². The molecular formula is C18H28N2OS. The summed E-state index contributed by atoms with van der Waals surface area (Å²) in [4.78, 5) is 14.8. The second-order valence-electron chi connectivity index (χ2n) is 6.46. The lowest BCUT2D eigenvalue weighted by Crippen LogP contribution is -2.40. The van der Waals surface area contributed by atoms with E-state index in [9.17, 15) is 4.79 Å². The highest BCUT2D eigenvalue weighted by Gasteiger charge is 2.26. The van der Waals surface area contributed by atoms with E-state index in [4.69, 9.17) is 0 Å². The number of nitrogens with one attached hydrogen (secondary N) is 1. The minimum absolute atomic E-state index is 0.0198. The molecule has 4 heteroatoms. The Morgan fingerprint density at radius 2 is 2.00 bits per heavy atom. The highest BCUT2D eigenvalue weighted by atomic mass is 32.2. The Morgan fingerprint density at radius 3 is 2.59 bits per heavy atom. The lowest BCUT2D eigenvalue weighted by Gasteiger charge is -2.21. The molecule has 1 aliphatic rings. The van der Waals surface area contributed by atoms with E-state index >= 15 is 0 Å². The fraction of sp³-hybridized carbons (Fsp3) is 0.611. The van der Waals surface area contributed by atoms with E-state index in [-0.39, 0.29) is 11.2 Å². The van der Waals surface area contributed by atoms with Crippen molar-refractivity contribution in [3.8, 4) is 0 Å². The van der Waals surface area contributed by atoms with Crippen LogP contribution in [0.1, 0.15) is 32.3 Å². The van der Waals surface area contributed by atoms with E-state index in [1.807, 2.05) is 18.2 Å². The molecule has 0 spiro atoms. The van der Waals surface area contributed by atoms with Gasteiger partial charge >= 0.3 is 0 Å². The van der Waals surface area contributed by atoms with Crippen LogP contribution >= 0.6 is 11.8 Å². The zero-order valence-electron chi connectivity index (χ0n) is 13.9. The fourth-order valence-electron chi connectivity index (χ4n) is 2.49. The quantitative estimate of drug-likeness (QED) is 0.758. The molecule has 1 saturated carbocycles. The standard InChI is InChI=1S/C18H28N2OS/c1-14(2)17(22-13-15-7-5-4-6-8-15)18(21)19-11-12-20(3)16-9-10-16/h4-8,14,16-17H,9-13H2,1-3H3,(H,19,21). The normalized spacial score (nSPS) is 16.0. The van der Waals surface area contributed by atoms with Gasteiger partial charge in [-0.15, -0.1) is 11.8 Å². The molecule has 1 fully saturated rings. The van der Waals surface area contributed by atoms with Gasteiger partial charge in [0.15, 0.2) is 0 Å². The number of thioether (sulfide) groups is 1. The molecule has 0 aliphatic heterocycles. The molecule has 0 saturated heterocycles. The van der Waals surface area contributed by atoms with Crippen LogP contribution in [0.25, 0.3) is 0 Å². The predicted octanol–water partition coefficient (Wildman–Crippen LogP) is 3.15. The number of hydrogen-bond donors (Lipinski definition) is 1. The molecule has 0 heterocycles. The number of hydrogen-bond acceptors (Lipinski definition) is 3. The van der Waals surface area contributed by atoms with Crippen LogP contribution in [0.15, 0.2) is 30.3 Å². The lowest BCUT2D eigenvalue weighted by molar-refractivity contribution is -0.121. The summed E-state index contributed by atoms with van der Waals surface area (Å²) in [5.74, 6) is 1.41. The van der Waals surface area contributed by atoms with Crippen LogP contribution in [0, 0.1) is 5.92 Å². The molecule has 1 atom stereocenters. The van der Waals surface area contributed by atoms with Crippen LogP contribution in [0.3, 0.4) is 0 Å². The molecular weight excluding hydrogens is 292 g/mol. The molecule has 0 radical (unpaired) electrons. The van der Waals surface area contributed by atoms with Gasteiger partial charge in [0.2, 0.25) is 5.91 Å². The van der Waals surface area contributed by atoms with E-state index in [0.717, 1.165) is 24.9 Å². The maximum Gasteiger partial charge on any atom is 0.233 e. The first kappa shape index (κ1) is 17.4. The minimum Gasteiger partial charge on any atom is -0.354 e. The van der Waals surface area contributed by atoms with Crippen molar-refractivity contribution in [2.45, 2.75) is 43.7 Å². The first-order valence-electron chi connectivity index (χ1n) is 8.21. The predicted molar refractivity (Wildman–Crippen MR) is 95.0 cm³/mol. The van der Waals surface area contributed by atoms with Crippen molar-refractivity contribution < 1.29 is 4.79 Å². The largest absolute Gasteiger partial charge is 0.354 e. The molecule has 2 rings (SSSR count). The number of rotatable bonds is 9. The first-order valence-corrected chi connectivity index (χ1v) is 9.26. The van der Waals surface area contributed by atoms with Crippen molar-refractivity contribution in [1.82, 2.24) is 10.2 Å². The Balaban J connectivity index is 1.75. The van der Waals surface area contributed by atoms with Gasteiger partial charge in [-0.25, -0.2) is 0 Å². The number of carbonyl (C=O) groups is 1. The fourth-order valence-corrected chi connectivity index (χ4v) is 3.67. The van der Waals surface area contributed by atoms with Crippen molar-refractivity contribution in [2.24, 2.45) is 5.92 Å². The zero-order valence-corrected chi connectivity index (χ0v) is 14.7. The maximum atomic E-state index is 12.4. The smallest absolute Gasteiger partial charge is 0.233 e. The summed E-state index contributed by atoms with van der Waals surface area (Å²) in [7, 11) is 2.15. The van der Waals surface area contributed by atoms with Crippen LogP contribution in [0.4, 0.5) is 0 Å². The molecule has 1 aromatic carbocycles. The summed E-state index contributed by atoms with van der Waals surface area (Å²) in [5, 5.41) is 3.13.